The molecule has 2 aromatic rings. The number of rotatable bonds is 6. The van der Waals surface area contributed by atoms with Gasteiger partial charge in [-0.2, -0.15) is 6.41 Å². The van der Waals surface area contributed by atoms with Gasteiger partial charge in [0.15, 0.2) is 0 Å². The molecule has 1 aromatic heterocycles. The Hall–Kier alpha value is -3.14. The van der Waals surface area contributed by atoms with Gasteiger partial charge in [0.2, 0.25) is 0 Å². The number of benzene rings is 1. The van der Waals surface area contributed by atoms with Gasteiger partial charge in [-0.05, 0) is 62.7 Å². The van der Waals surface area contributed by atoms with Crippen LogP contribution in [0.1, 0.15) is 25.3 Å². The standard InChI is InChI=1S/C18H21N2O3.Fm/c1-2-22-12-14-9-15-10-17(3-4-18(15)19-11-14)23-16-5-7-20(13-21)8-6-16;/h3-4,9-11,16H,2,5-8,12H2,1H3;/q-1;. The molecule has 1 aliphatic heterocycles. The Morgan fingerprint density at radius 3 is 2.79 bits per heavy atom. The summed E-state index contributed by atoms with van der Waals surface area (Å²) in [6.45, 7) is 4.67. The molecule has 6 heteroatoms. The number of fused-ring (bicyclic) bond motifs is 1. The molecule has 0 N–H and O–H groups in total. The number of aromatic nitrogens is 1. The van der Waals surface area contributed by atoms with Crippen molar-refractivity contribution in [3.63, 3.8) is 0 Å². The number of carbonyl (C=O) groups excluding carboxylic acids is 1. The van der Waals surface area contributed by atoms with Gasteiger partial charge in [-0.1, -0.05) is 0 Å². The zero-order chi connectivity index (χ0) is 16.1. The van der Waals surface area contributed by atoms with Gasteiger partial charge < -0.3 is 19.2 Å². The second-order valence-electron chi connectivity index (χ2n) is 5.73. The molecule has 134 valence electrons. The summed E-state index contributed by atoms with van der Waals surface area (Å²) in [5, 5.41) is 1.05. The predicted molar refractivity (Wildman–Crippen MR) is 88.0 cm³/mol. The van der Waals surface area contributed by atoms with Gasteiger partial charge in [0.1, 0.15) is 11.9 Å². The van der Waals surface area contributed by atoms with Crippen molar-refractivity contribution in [1.82, 2.24) is 9.88 Å². The summed E-state index contributed by atoms with van der Waals surface area (Å²) < 4.78 is 11.5. The molecule has 0 unspecified atom stereocenters. The summed E-state index contributed by atoms with van der Waals surface area (Å²) in [6, 6.07) is 8.05. The summed E-state index contributed by atoms with van der Waals surface area (Å²) in [5.41, 5.74) is 2.01. The maximum Gasteiger partial charge on any atom is 0.120 e. The fourth-order valence-electron chi connectivity index (χ4n) is 2.78. The van der Waals surface area contributed by atoms with Gasteiger partial charge in [-0.15, -0.1) is 0 Å². The Balaban J connectivity index is 0.00000208. The van der Waals surface area contributed by atoms with Crippen LogP contribution in [0.2, 0.25) is 0 Å². The van der Waals surface area contributed by atoms with E-state index in [1.54, 1.807) is 4.90 Å². The summed E-state index contributed by atoms with van der Waals surface area (Å²) >= 11 is 0. The minimum Gasteiger partial charge on any atom is -0.520 e. The molecule has 0 aliphatic carbocycles. The van der Waals surface area contributed by atoms with Gasteiger partial charge >= 0.3 is 0 Å². The molecule has 1 saturated heterocycles. The van der Waals surface area contributed by atoms with E-state index in [2.05, 4.69) is 11.1 Å². The molecule has 0 radical (unpaired) electrons. The maximum absolute atomic E-state index is 10.6. The van der Waals surface area contributed by atoms with Crippen LogP contribution < -0.4 is 4.74 Å². The van der Waals surface area contributed by atoms with Crippen molar-refractivity contribution in [2.45, 2.75) is 32.5 Å². The molecular weight excluding hydrogens is 549 g/mol. The largest absolute Gasteiger partial charge is 0.520 e. The molecular formula is C18H21FmN2O3-. The third-order valence-corrected chi connectivity index (χ3v) is 4.06. The van der Waals surface area contributed by atoms with Gasteiger partial charge in [0.25, 0.3) is 0 Å². The fourth-order valence-corrected chi connectivity index (χ4v) is 2.78. The number of pyridine rings is 1. The monoisotopic (exact) mass is 570 g/mol. The Bertz CT molecular complexity index is 672. The van der Waals surface area contributed by atoms with Crippen LogP contribution in [0.4, 0.5) is 0 Å². The van der Waals surface area contributed by atoms with E-state index < -0.39 is 0 Å². The number of nitrogens with zero attached hydrogens (tertiary/aromatic N) is 2. The molecule has 3 rings (SSSR count). The van der Waals surface area contributed by atoms with Crippen LogP contribution in [0.5, 0.6) is 5.75 Å². The van der Waals surface area contributed by atoms with Crippen molar-refractivity contribution in [2.24, 2.45) is 0 Å². The molecule has 5 nitrogen and oxygen atoms in total. The Morgan fingerprint density at radius 2 is 2.08 bits per heavy atom. The molecule has 1 fully saturated rings. The van der Waals surface area contributed by atoms with Crippen LogP contribution in [0.25, 0.3) is 10.9 Å². The van der Waals surface area contributed by atoms with E-state index in [-0.39, 0.29) is 6.10 Å². The van der Waals surface area contributed by atoms with Crippen LogP contribution in [0.15, 0.2) is 30.5 Å². The van der Waals surface area contributed by atoms with Crippen LogP contribution in [-0.4, -0.2) is 42.1 Å². The van der Waals surface area contributed by atoms with Crippen molar-refractivity contribution >= 4 is 17.3 Å². The summed E-state index contributed by atoms with van der Waals surface area (Å²) in [6.07, 6.45) is 5.63. The first-order valence-corrected chi connectivity index (χ1v) is 8.04. The minimum absolute atomic E-state index is 0. The zero-order valence-electron chi connectivity index (χ0n) is 13.6. The van der Waals surface area contributed by atoms with Crippen molar-refractivity contribution in [2.75, 3.05) is 19.7 Å². The number of hydrogen-bond acceptors (Lipinski definition) is 4. The molecule has 0 saturated carbocycles. The van der Waals surface area contributed by atoms with Crippen LogP contribution in [-0.2, 0) is 16.1 Å². The second-order valence-corrected chi connectivity index (χ2v) is 5.73. The number of amides is 1. The molecule has 1 aliphatic rings. The Kier molecular flexibility index (Phi) is 5.68. The van der Waals surface area contributed by atoms with E-state index in [0.29, 0.717) is 26.3 Å². The van der Waals surface area contributed by atoms with E-state index in [4.69, 9.17) is 9.47 Å². The van der Waals surface area contributed by atoms with E-state index in [9.17, 15) is 4.79 Å². The van der Waals surface area contributed by atoms with Crippen molar-refractivity contribution in [1.29, 1.82) is 0 Å². The normalized spacial score (nSPS) is 15.1. The number of likely N-dealkylation sites (tertiary alicyclic amines) is 1. The Morgan fingerprint density at radius 1 is 1.29 bits per heavy atom. The molecule has 0 atom stereocenters. The summed E-state index contributed by atoms with van der Waals surface area (Å²) in [7, 11) is 0. The maximum atomic E-state index is 10.6. The number of hydrogen-bond donors (Lipinski definition) is 0. The second kappa shape index (κ2) is 7.92. The molecule has 0 spiro atoms. The van der Waals surface area contributed by atoms with Crippen molar-refractivity contribution < 1.29 is 14.3 Å². The van der Waals surface area contributed by atoms with Crippen molar-refractivity contribution in [3.05, 3.63) is 36.0 Å². The first-order chi connectivity index (χ1) is 11.3. The number of piperidine rings is 1. The summed E-state index contributed by atoms with van der Waals surface area (Å²) in [4.78, 5) is 16.7. The average molecular weight is 570 g/mol. The van der Waals surface area contributed by atoms with Crippen LogP contribution in [0.3, 0.4) is 0 Å². The van der Waals surface area contributed by atoms with Gasteiger partial charge in [0.05, 0.1) is 12.1 Å². The minimum atomic E-state index is 0. The third-order valence-electron chi connectivity index (χ3n) is 4.06. The fraction of sp³-hybridized carbons (Fsp3) is 0.444. The SMILES string of the molecule is CCOCc1cnc2ccc(OC3CCN([C-]=O)CC3)cc2c1.[Fm]. The molecule has 1 aromatic carbocycles. The Labute approximate surface area is 136 Å². The van der Waals surface area contributed by atoms with E-state index in [0.717, 1.165) is 35.1 Å². The smallest absolute Gasteiger partial charge is 0.120 e. The zero-order valence-corrected chi connectivity index (χ0v) is 16.0. The topological polar surface area (TPSA) is 51.7 Å². The third kappa shape index (κ3) is 3.98. The molecule has 0 bridgehead atoms. The average Bonchev–Trinajstić information content (AvgIpc) is 2.60. The van der Waals surface area contributed by atoms with Gasteiger partial charge in [-0.3, -0.25) is 4.98 Å². The first-order valence-electron chi connectivity index (χ1n) is 8.04. The molecule has 1 amide bonds. The van der Waals surface area contributed by atoms with Crippen LogP contribution >= 0.6 is 0 Å². The van der Waals surface area contributed by atoms with Gasteiger partial charge in [0, 0.05) is 18.2 Å². The molecule has 2 heterocycles. The van der Waals surface area contributed by atoms with Crippen molar-refractivity contribution in [3.8, 4) is 5.75 Å². The van der Waals surface area contributed by atoms with E-state index >= 15 is 0 Å². The predicted octanol–water partition coefficient (Wildman–Crippen LogP) is 2.68. The van der Waals surface area contributed by atoms with E-state index in [1.807, 2.05) is 37.7 Å². The summed E-state index contributed by atoms with van der Waals surface area (Å²) in [5.74, 6) is 0.849. The first kappa shape index (κ1) is 17.2. The van der Waals surface area contributed by atoms with Gasteiger partial charge in [-0.25, -0.2) is 0 Å². The molecule has 24 heavy (non-hydrogen) atoms. The van der Waals surface area contributed by atoms with Crippen LogP contribution in [0, 0.1) is 0 Å². The van der Waals surface area contributed by atoms with E-state index in [1.165, 1.54) is 0 Å². The quantitative estimate of drug-likeness (QED) is 0.502. The number of ether oxygens (including phenoxy) is 2.